The van der Waals surface area contributed by atoms with Crippen molar-refractivity contribution in [2.45, 2.75) is 19.9 Å². The molecular formula is C17H17FN4O. The van der Waals surface area contributed by atoms with Crippen molar-refractivity contribution in [1.29, 1.82) is 0 Å². The van der Waals surface area contributed by atoms with E-state index in [1.807, 2.05) is 26.0 Å². The van der Waals surface area contributed by atoms with Gasteiger partial charge in [0.1, 0.15) is 5.82 Å². The maximum atomic E-state index is 13.0. The van der Waals surface area contributed by atoms with Crippen molar-refractivity contribution in [3.8, 4) is 11.4 Å². The van der Waals surface area contributed by atoms with Gasteiger partial charge < -0.3 is 5.73 Å². The van der Waals surface area contributed by atoms with Crippen molar-refractivity contribution in [2.24, 2.45) is 12.8 Å². The Hall–Kier alpha value is -2.60. The summed E-state index contributed by atoms with van der Waals surface area (Å²) in [7, 11) is 1.64. The van der Waals surface area contributed by atoms with Crippen LogP contribution in [0.5, 0.6) is 0 Å². The van der Waals surface area contributed by atoms with E-state index < -0.39 is 5.95 Å². The molecule has 0 aliphatic rings. The summed E-state index contributed by atoms with van der Waals surface area (Å²) in [4.78, 5) is 21.0. The van der Waals surface area contributed by atoms with Gasteiger partial charge in [-0.15, -0.1) is 0 Å². The van der Waals surface area contributed by atoms with Gasteiger partial charge in [0, 0.05) is 24.8 Å². The fourth-order valence-corrected chi connectivity index (χ4v) is 2.67. The molecule has 0 aliphatic heterocycles. The predicted molar refractivity (Wildman–Crippen MR) is 87.5 cm³/mol. The van der Waals surface area contributed by atoms with E-state index in [0.29, 0.717) is 22.3 Å². The van der Waals surface area contributed by atoms with Gasteiger partial charge >= 0.3 is 0 Å². The summed E-state index contributed by atoms with van der Waals surface area (Å²) >= 11 is 0. The zero-order valence-electron chi connectivity index (χ0n) is 13.2. The van der Waals surface area contributed by atoms with Crippen LogP contribution < -0.4 is 11.3 Å². The van der Waals surface area contributed by atoms with Crippen LogP contribution in [0, 0.1) is 12.9 Å². The minimum absolute atomic E-state index is 0.167. The number of hydrogen-bond acceptors (Lipinski definition) is 4. The molecule has 23 heavy (non-hydrogen) atoms. The largest absolute Gasteiger partial charge is 0.324 e. The van der Waals surface area contributed by atoms with Crippen LogP contribution in [0.2, 0.25) is 0 Å². The molecule has 0 unspecified atom stereocenters. The molecule has 3 aromatic rings. The van der Waals surface area contributed by atoms with Crippen molar-refractivity contribution < 1.29 is 4.39 Å². The standard InChI is InChI=1S/C17H17FN4O/c1-9-6-12(10(2)19)15-13(7-9)17(23)22(3)16(21-15)11-4-5-14(18)20-8-11/h4-8,10H,19H2,1-3H3/t10-/m1/s1. The summed E-state index contributed by atoms with van der Waals surface area (Å²) in [6.07, 6.45) is 1.36. The molecule has 1 aromatic carbocycles. The number of rotatable bonds is 2. The van der Waals surface area contributed by atoms with E-state index in [2.05, 4.69) is 9.97 Å². The molecule has 2 N–H and O–H groups in total. The van der Waals surface area contributed by atoms with Gasteiger partial charge in [0.15, 0.2) is 0 Å². The van der Waals surface area contributed by atoms with Crippen LogP contribution in [-0.4, -0.2) is 14.5 Å². The van der Waals surface area contributed by atoms with Crippen molar-refractivity contribution in [3.63, 3.8) is 0 Å². The van der Waals surface area contributed by atoms with E-state index in [4.69, 9.17) is 5.73 Å². The van der Waals surface area contributed by atoms with E-state index in [-0.39, 0.29) is 11.6 Å². The van der Waals surface area contributed by atoms with Crippen LogP contribution >= 0.6 is 0 Å². The SMILES string of the molecule is Cc1cc([C@@H](C)N)c2nc(-c3ccc(F)nc3)n(C)c(=O)c2c1. The third kappa shape index (κ3) is 2.61. The Morgan fingerprint density at radius 3 is 2.65 bits per heavy atom. The van der Waals surface area contributed by atoms with E-state index in [1.165, 1.54) is 16.8 Å². The highest BCUT2D eigenvalue weighted by molar-refractivity contribution is 5.84. The number of halogens is 1. The first-order valence-corrected chi connectivity index (χ1v) is 7.27. The first-order valence-electron chi connectivity index (χ1n) is 7.27. The summed E-state index contributed by atoms with van der Waals surface area (Å²) in [5, 5.41) is 0.527. The van der Waals surface area contributed by atoms with Gasteiger partial charge in [0.25, 0.3) is 5.56 Å². The van der Waals surface area contributed by atoms with Crippen molar-refractivity contribution in [1.82, 2.24) is 14.5 Å². The second-order valence-corrected chi connectivity index (χ2v) is 5.71. The maximum absolute atomic E-state index is 13.0. The quantitative estimate of drug-likeness (QED) is 0.738. The highest BCUT2D eigenvalue weighted by Gasteiger charge is 2.15. The Kier molecular flexibility index (Phi) is 3.69. The van der Waals surface area contributed by atoms with Crippen LogP contribution in [-0.2, 0) is 7.05 Å². The molecule has 0 bridgehead atoms. The van der Waals surface area contributed by atoms with E-state index in [9.17, 15) is 9.18 Å². The first kappa shape index (κ1) is 15.3. The highest BCUT2D eigenvalue weighted by Crippen LogP contribution is 2.24. The van der Waals surface area contributed by atoms with E-state index in [1.54, 1.807) is 13.1 Å². The third-order valence-corrected chi connectivity index (χ3v) is 3.83. The van der Waals surface area contributed by atoms with Gasteiger partial charge in [0.05, 0.1) is 10.9 Å². The molecule has 2 aromatic heterocycles. The summed E-state index contributed by atoms with van der Waals surface area (Å²) < 4.78 is 14.5. The molecule has 0 fully saturated rings. The van der Waals surface area contributed by atoms with E-state index in [0.717, 1.165) is 11.1 Å². The van der Waals surface area contributed by atoms with Gasteiger partial charge in [-0.3, -0.25) is 9.36 Å². The summed E-state index contributed by atoms with van der Waals surface area (Å²) in [6.45, 7) is 3.77. The Balaban J connectivity index is 2.39. The lowest BCUT2D eigenvalue weighted by atomic mass is 10.0. The van der Waals surface area contributed by atoms with Gasteiger partial charge in [-0.2, -0.15) is 4.39 Å². The molecule has 0 spiro atoms. The van der Waals surface area contributed by atoms with Gasteiger partial charge in [-0.1, -0.05) is 6.07 Å². The monoisotopic (exact) mass is 312 g/mol. The molecule has 0 aliphatic carbocycles. The van der Waals surface area contributed by atoms with Crippen LogP contribution in [0.1, 0.15) is 24.1 Å². The van der Waals surface area contributed by atoms with Gasteiger partial charge in [0.2, 0.25) is 5.95 Å². The second-order valence-electron chi connectivity index (χ2n) is 5.71. The minimum atomic E-state index is -0.577. The molecule has 2 heterocycles. The lowest BCUT2D eigenvalue weighted by molar-refractivity contribution is 0.584. The fourth-order valence-electron chi connectivity index (χ4n) is 2.67. The Bertz CT molecular complexity index is 945. The number of fused-ring (bicyclic) bond motifs is 1. The summed E-state index contributed by atoms with van der Waals surface area (Å²) in [6, 6.07) is 6.29. The number of aryl methyl sites for hydroxylation is 1. The molecule has 0 saturated heterocycles. The average Bonchev–Trinajstić information content (AvgIpc) is 2.51. The number of aromatic nitrogens is 3. The zero-order valence-corrected chi connectivity index (χ0v) is 13.2. The van der Waals surface area contributed by atoms with Crippen LogP contribution in [0.4, 0.5) is 4.39 Å². The van der Waals surface area contributed by atoms with Crippen LogP contribution in [0.25, 0.3) is 22.3 Å². The third-order valence-electron chi connectivity index (χ3n) is 3.83. The molecule has 5 nitrogen and oxygen atoms in total. The number of pyridine rings is 1. The fraction of sp³-hybridized carbons (Fsp3) is 0.235. The topological polar surface area (TPSA) is 73.8 Å². The number of hydrogen-bond donors (Lipinski definition) is 1. The summed E-state index contributed by atoms with van der Waals surface area (Å²) in [5.41, 5.74) is 8.79. The Morgan fingerprint density at radius 1 is 1.30 bits per heavy atom. The molecular weight excluding hydrogens is 295 g/mol. The lowest BCUT2D eigenvalue weighted by Gasteiger charge is -2.14. The first-order chi connectivity index (χ1) is 10.9. The number of nitrogens with zero attached hydrogens (tertiary/aromatic N) is 3. The predicted octanol–water partition coefficient (Wildman–Crippen LogP) is 2.46. The lowest BCUT2D eigenvalue weighted by Crippen LogP contribution is -2.22. The Labute approximate surface area is 132 Å². The molecule has 1 atom stereocenters. The van der Waals surface area contributed by atoms with Crippen molar-refractivity contribution in [3.05, 3.63) is 57.9 Å². The normalized spacial score (nSPS) is 12.6. The smallest absolute Gasteiger partial charge is 0.261 e. The molecule has 118 valence electrons. The van der Waals surface area contributed by atoms with Crippen molar-refractivity contribution >= 4 is 10.9 Å². The minimum Gasteiger partial charge on any atom is -0.324 e. The zero-order chi connectivity index (χ0) is 16.7. The van der Waals surface area contributed by atoms with Crippen molar-refractivity contribution in [2.75, 3.05) is 0 Å². The highest BCUT2D eigenvalue weighted by atomic mass is 19.1. The second kappa shape index (κ2) is 5.55. The number of nitrogens with two attached hydrogens (primary N) is 1. The van der Waals surface area contributed by atoms with Crippen LogP contribution in [0.3, 0.4) is 0 Å². The molecule has 0 saturated carbocycles. The Morgan fingerprint density at radius 2 is 2.04 bits per heavy atom. The maximum Gasteiger partial charge on any atom is 0.261 e. The van der Waals surface area contributed by atoms with Gasteiger partial charge in [-0.25, -0.2) is 9.97 Å². The molecule has 0 radical (unpaired) electrons. The average molecular weight is 312 g/mol. The molecule has 0 amide bonds. The number of benzene rings is 1. The summed E-state index contributed by atoms with van der Waals surface area (Å²) in [5.74, 6) is -0.146. The molecule has 6 heteroatoms. The molecule has 3 rings (SSSR count). The van der Waals surface area contributed by atoms with E-state index >= 15 is 0 Å². The van der Waals surface area contributed by atoms with Crippen LogP contribution in [0.15, 0.2) is 35.3 Å². The van der Waals surface area contributed by atoms with Gasteiger partial charge in [-0.05, 0) is 43.2 Å².